The van der Waals surface area contributed by atoms with Gasteiger partial charge in [-0.3, -0.25) is 4.79 Å². The van der Waals surface area contributed by atoms with Crippen LogP contribution in [0.25, 0.3) is 11.5 Å². The van der Waals surface area contributed by atoms with Crippen molar-refractivity contribution in [2.45, 2.75) is 32.2 Å². The summed E-state index contributed by atoms with van der Waals surface area (Å²) in [5.41, 5.74) is 2.93. The maximum absolute atomic E-state index is 12.9. The maximum atomic E-state index is 12.9. The summed E-state index contributed by atoms with van der Waals surface area (Å²) in [4.78, 5) is 20.8. The quantitative estimate of drug-likeness (QED) is 0.695. The molecule has 1 aromatic carbocycles. The van der Waals surface area contributed by atoms with Gasteiger partial charge in [0.2, 0.25) is 11.8 Å². The van der Waals surface area contributed by atoms with Gasteiger partial charge in [0.25, 0.3) is 0 Å². The summed E-state index contributed by atoms with van der Waals surface area (Å²) >= 11 is 1.80. The Bertz CT molecular complexity index is 869. The molecule has 25 heavy (non-hydrogen) atoms. The van der Waals surface area contributed by atoms with Crippen molar-refractivity contribution < 1.29 is 9.21 Å². The number of nitrogens with zero attached hydrogens (tertiary/aromatic N) is 2. The Balaban J connectivity index is 1.50. The molecule has 0 bridgehead atoms. The lowest BCUT2D eigenvalue weighted by Crippen LogP contribution is -2.40. The Morgan fingerprint density at radius 2 is 2.16 bits per heavy atom. The second-order valence-electron chi connectivity index (χ2n) is 6.25. The van der Waals surface area contributed by atoms with E-state index >= 15 is 0 Å². The fourth-order valence-corrected chi connectivity index (χ4v) is 4.42. The number of hydrogen-bond acceptors (Lipinski definition) is 4. The summed E-state index contributed by atoms with van der Waals surface area (Å²) in [5.74, 6) is 0.686. The minimum Gasteiger partial charge on any atom is -0.444 e. The van der Waals surface area contributed by atoms with Crippen LogP contribution in [-0.4, -0.2) is 22.3 Å². The van der Waals surface area contributed by atoms with Crippen molar-refractivity contribution in [1.29, 1.82) is 0 Å². The summed E-state index contributed by atoms with van der Waals surface area (Å²) in [6.07, 6.45) is 3.76. The zero-order valence-corrected chi connectivity index (χ0v) is 15.0. The monoisotopic (exact) mass is 352 g/mol. The van der Waals surface area contributed by atoms with Gasteiger partial charge >= 0.3 is 0 Å². The maximum Gasteiger partial charge on any atom is 0.229 e. The van der Waals surface area contributed by atoms with Gasteiger partial charge in [0.15, 0.2) is 0 Å². The van der Waals surface area contributed by atoms with E-state index in [0.717, 1.165) is 24.9 Å². The van der Waals surface area contributed by atoms with E-state index in [2.05, 4.69) is 23.4 Å². The van der Waals surface area contributed by atoms with E-state index in [1.807, 2.05) is 35.2 Å². The second kappa shape index (κ2) is 6.84. The first-order chi connectivity index (χ1) is 12.3. The topological polar surface area (TPSA) is 46.3 Å². The van der Waals surface area contributed by atoms with E-state index in [0.29, 0.717) is 11.6 Å². The fraction of sp³-hybridized carbons (Fsp3) is 0.300. The van der Waals surface area contributed by atoms with Crippen molar-refractivity contribution in [3.63, 3.8) is 0 Å². The molecule has 128 valence electrons. The molecule has 0 saturated carbocycles. The Morgan fingerprint density at radius 3 is 2.96 bits per heavy atom. The number of hydrogen-bond donors (Lipinski definition) is 0. The van der Waals surface area contributed by atoms with Gasteiger partial charge in [-0.1, -0.05) is 25.1 Å². The molecule has 5 heteroatoms. The Kier molecular flexibility index (Phi) is 4.40. The smallest absolute Gasteiger partial charge is 0.229 e. The highest BCUT2D eigenvalue weighted by atomic mass is 32.1. The largest absolute Gasteiger partial charge is 0.444 e. The van der Waals surface area contributed by atoms with Gasteiger partial charge in [-0.2, -0.15) is 0 Å². The van der Waals surface area contributed by atoms with E-state index in [9.17, 15) is 4.79 Å². The van der Waals surface area contributed by atoms with Crippen molar-refractivity contribution in [1.82, 2.24) is 9.88 Å². The zero-order chi connectivity index (χ0) is 17.2. The lowest BCUT2D eigenvalue weighted by molar-refractivity contribution is -0.133. The van der Waals surface area contributed by atoms with Crippen LogP contribution in [-0.2, 0) is 17.6 Å². The third-order valence-electron chi connectivity index (χ3n) is 4.71. The molecule has 1 unspecified atom stereocenters. The Hall–Kier alpha value is -2.40. The molecule has 1 aliphatic heterocycles. The van der Waals surface area contributed by atoms with Gasteiger partial charge < -0.3 is 9.32 Å². The van der Waals surface area contributed by atoms with E-state index in [-0.39, 0.29) is 18.4 Å². The predicted molar refractivity (Wildman–Crippen MR) is 98.4 cm³/mol. The molecule has 0 N–H and O–H groups in total. The number of carbonyl (C=O) groups is 1. The van der Waals surface area contributed by atoms with Crippen LogP contribution in [0.4, 0.5) is 0 Å². The molecular weight excluding hydrogens is 332 g/mol. The summed E-state index contributed by atoms with van der Waals surface area (Å²) in [7, 11) is 0. The van der Waals surface area contributed by atoms with Crippen LogP contribution >= 0.6 is 11.3 Å². The number of oxazole rings is 1. The van der Waals surface area contributed by atoms with Gasteiger partial charge in [0.05, 0.1) is 18.2 Å². The third kappa shape index (κ3) is 3.12. The highest BCUT2D eigenvalue weighted by Gasteiger charge is 2.30. The van der Waals surface area contributed by atoms with Gasteiger partial charge in [-0.15, -0.1) is 11.3 Å². The van der Waals surface area contributed by atoms with Crippen molar-refractivity contribution >= 4 is 17.2 Å². The first-order valence-corrected chi connectivity index (χ1v) is 9.49. The number of fused-ring (bicyclic) bond motifs is 1. The number of rotatable bonds is 4. The number of benzene rings is 1. The van der Waals surface area contributed by atoms with Gasteiger partial charge in [0, 0.05) is 17.0 Å². The van der Waals surface area contributed by atoms with Crippen LogP contribution < -0.4 is 0 Å². The van der Waals surface area contributed by atoms with Crippen molar-refractivity contribution in [2.75, 3.05) is 6.54 Å². The normalized spacial score (nSPS) is 16.7. The molecule has 0 fully saturated rings. The number of aromatic nitrogens is 1. The molecule has 0 radical (unpaired) electrons. The molecule has 0 spiro atoms. The van der Waals surface area contributed by atoms with E-state index in [1.54, 1.807) is 17.6 Å². The van der Waals surface area contributed by atoms with Crippen LogP contribution in [0, 0.1) is 0 Å². The molecule has 3 heterocycles. The van der Waals surface area contributed by atoms with E-state index < -0.39 is 0 Å². The average Bonchev–Trinajstić information content (AvgIpc) is 3.30. The molecule has 4 rings (SSSR count). The fourth-order valence-electron chi connectivity index (χ4n) is 3.49. The van der Waals surface area contributed by atoms with E-state index in [4.69, 9.17) is 4.42 Å². The van der Waals surface area contributed by atoms with Crippen LogP contribution in [0.2, 0.25) is 0 Å². The van der Waals surface area contributed by atoms with Crippen molar-refractivity contribution in [3.8, 4) is 11.5 Å². The minimum atomic E-state index is 0.122. The standard InChI is InChI=1S/C20H20N2O2S/c1-2-17-16-9-11-25-18(16)8-10-22(17)19(23)12-15-13-24-20(21-15)14-6-4-3-5-7-14/h3-7,9,11,13,17H,2,8,10,12H2,1H3. The molecule has 1 amide bonds. The first kappa shape index (κ1) is 16.1. The van der Waals surface area contributed by atoms with Crippen LogP contribution in [0.5, 0.6) is 0 Å². The number of carbonyl (C=O) groups excluding carboxylic acids is 1. The number of amides is 1. The van der Waals surface area contributed by atoms with Crippen molar-refractivity contribution in [3.05, 3.63) is 64.2 Å². The number of thiophene rings is 1. The summed E-state index contributed by atoms with van der Waals surface area (Å²) in [6.45, 7) is 2.93. The van der Waals surface area contributed by atoms with E-state index in [1.165, 1.54) is 10.4 Å². The molecule has 4 nitrogen and oxygen atoms in total. The molecule has 3 aromatic rings. The van der Waals surface area contributed by atoms with Crippen LogP contribution in [0.15, 0.2) is 52.5 Å². The molecular formula is C20H20N2O2S. The molecule has 0 aliphatic carbocycles. The Morgan fingerprint density at radius 1 is 1.32 bits per heavy atom. The Labute approximate surface area is 151 Å². The first-order valence-electron chi connectivity index (χ1n) is 8.62. The molecule has 0 saturated heterocycles. The van der Waals surface area contributed by atoms with Gasteiger partial charge in [-0.25, -0.2) is 4.98 Å². The highest BCUT2D eigenvalue weighted by Crippen LogP contribution is 2.35. The zero-order valence-electron chi connectivity index (χ0n) is 14.1. The SMILES string of the molecule is CCC1c2ccsc2CCN1C(=O)Cc1coc(-c2ccccc2)n1. The van der Waals surface area contributed by atoms with Gasteiger partial charge in [0.1, 0.15) is 6.26 Å². The lowest BCUT2D eigenvalue weighted by atomic mass is 9.97. The molecule has 1 aliphatic rings. The predicted octanol–water partition coefficient (Wildman–Crippen LogP) is 4.48. The molecule has 2 aromatic heterocycles. The minimum absolute atomic E-state index is 0.122. The second-order valence-corrected chi connectivity index (χ2v) is 7.25. The van der Waals surface area contributed by atoms with Crippen LogP contribution in [0.3, 0.4) is 0 Å². The lowest BCUT2D eigenvalue weighted by Gasteiger charge is -2.35. The van der Waals surface area contributed by atoms with Gasteiger partial charge in [-0.05, 0) is 42.0 Å². The molecule has 1 atom stereocenters. The third-order valence-corrected chi connectivity index (χ3v) is 5.70. The summed E-state index contributed by atoms with van der Waals surface area (Å²) in [5, 5.41) is 2.13. The van der Waals surface area contributed by atoms with Crippen molar-refractivity contribution in [2.24, 2.45) is 0 Å². The highest BCUT2D eigenvalue weighted by molar-refractivity contribution is 7.10. The summed E-state index contributed by atoms with van der Waals surface area (Å²) < 4.78 is 5.56. The average molecular weight is 352 g/mol. The van der Waals surface area contributed by atoms with Crippen LogP contribution in [0.1, 0.15) is 35.5 Å². The summed E-state index contributed by atoms with van der Waals surface area (Å²) in [6, 6.07) is 12.1.